The van der Waals surface area contributed by atoms with Gasteiger partial charge in [0.25, 0.3) is 0 Å². The van der Waals surface area contributed by atoms with Gasteiger partial charge in [-0.2, -0.15) is 0 Å². The first-order valence-electron chi connectivity index (χ1n) is 24.6. The van der Waals surface area contributed by atoms with Crippen LogP contribution in [0, 0.1) is 11.8 Å². The first-order chi connectivity index (χ1) is 32.6. The highest BCUT2D eigenvalue weighted by atomic mass is 32.2. The maximum atomic E-state index is 14.4. The summed E-state index contributed by atoms with van der Waals surface area (Å²) in [6.07, 6.45) is -6.17. The molecule has 5 rings (SSSR count). The molecule has 1 aromatic heterocycles. The zero-order valence-electron chi connectivity index (χ0n) is 43.3. The van der Waals surface area contributed by atoms with Gasteiger partial charge in [0.15, 0.2) is 22.4 Å². The van der Waals surface area contributed by atoms with E-state index >= 15 is 0 Å². The Hall–Kier alpha value is -2.77. The normalized spacial score (nSPS) is 39.3. The van der Waals surface area contributed by atoms with Gasteiger partial charge in [0.2, 0.25) is 0 Å². The molecule has 0 saturated carbocycles. The lowest BCUT2D eigenvalue weighted by atomic mass is 9.79. The van der Waals surface area contributed by atoms with E-state index in [-0.39, 0.29) is 37.1 Å². The van der Waals surface area contributed by atoms with Crippen LogP contribution in [0.4, 0.5) is 4.39 Å². The molecule has 400 valence electrons. The van der Waals surface area contributed by atoms with Crippen LogP contribution in [0.3, 0.4) is 0 Å². The van der Waals surface area contributed by atoms with Gasteiger partial charge in [-0.15, -0.1) is 5.10 Å². The fraction of sp³-hybridized carbons (Fsp3) is 0.816. The van der Waals surface area contributed by atoms with E-state index in [1.807, 2.05) is 18.9 Å². The number of benzene rings is 1. The molecule has 3 saturated heterocycles. The summed E-state index contributed by atoms with van der Waals surface area (Å²) in [5.41, 5.74) is -3.30. The molecule has 0 spiro atoms. The molecule has 0 bridgehead atoms. The first-order valence-corrected chi connectivity index (χ1v) is 26.5. The van der Waals surface area contributed by atoms with Crippen molar-refractivity contribution in [1.29, 1.82) is 0 Å². The van der Waals surface area contributed by atoms with Gasteiger partial charge in [0, 0.05) is 63.5 Å². The van der Waals surface area contributed by atoms with Gasteiger partial charge in [-0.3, -0.25) is 4.79 Å². The van der Waals surface area contributed by atoms with Gasteiger partial charge >= 0.3 is 5.97 Å². The van der Waals surface area contributed by atoms with Crippen LogP contribution in [0.5, 0.6) is 0 Å². The Morgan fingerprint density at radius 2 is 1.67 bits per heavy atom. The van der Waals surface area contributed by atoms with E-state index < -0.39 is 131 Å². The largest absolute Gasteiger partial charge is 0.459 e. The van der Waals surface area contributed by atoms with Crippen molar-refractivity contribution >= 4 is 15.8 Å². The van der Waals surface area contributed by atoms with Gasteiger partial charge in [0.1, 0.15) is 36.7 Å². The summed E-state index contributed by atoms with van der Waals surface area (Å²) >= 11 is 0. The second kappa shape index (κ2) is 23.6. The predicted molar refractivity (Wildman–Crippen MR) is 256 cm³/mol. The Kier molecular flexibility index (Phi) is 19.6. The van der Waals surface area contributed by atoms with Gasteiger partial charge in [-0.1, -0.05) is 31.2 Å². The Balaban J connectivity index is 1.41. The lowest BCUT2D eigenvalue weighted by molar-refractivity contribution is -0.318. The topological polar surface area (TPSA) is 245 Å². The van der Waals surface area contributed by atoms with E-state index in [9.17, 15) is 43.1 Å². The third kappa shape index (κ3) is 13.5. The molecule has 18 atom stereocenters. The Bertz CT molecular complexity index is 2100. The molecule has 0 amide bonds. The summed E-state index contributed by atoms with van der Waals surface area (Å²) in [6.45, 7) is 15.1. The summed E-state index contributed by atoms with van der Waals surface area (Å²) in [6, 6.07) is 4.51. The van der Waals surface area contributed by atoms with E-state index in [1.165, 1.54) is 30.8 Å². The standard InChI is InChI=1S/C49H82FN5O14S/c1-14-38-49(9,61)42(57)31(5)53(10)22-20-47(7,60)44(29(3)41(30(4)45(59)67-38)68-39-25-48(8,64-12)43(58)32(6)66-39)69-46-40(56)37(23-28(2)65-46)54(11)21-19-34-27-55(52-51-34)35(26-50)24-33-15-17-36(18-16-33)70(13,62)63/h15-18,27-32,35,37-44,46,56-58,60-61H,14,19-26H2,1-13H3/t28-,29+,30-,31-,32+,35+,37+,38-,39+,40-,41+,42-,43+,44-,46+,47-,48-,49-/m1/s1. The van der Waals surface area contributed by atoms with Crippen LogP contribution in [0.15, 0.2) is 35.4 Å². The molecule has 5 N–H and O–H groups in total. The zero-order valence-corrected chi connectivity index (χ0v) is 44.2. The third-order valence-corrected chi connectivity index (χ3v) is 16.5. The van der Waals surface area contributed by atoms with Crippen molar-refractivity contribution in [2.75, 3.05) is 47.2 Å². The highest BCUT2D eigenvalue weighted by Crippen LogP contribution is 2.40. The van der Waals surface area contributed by atoms with Crippen molar-refractivity contribution < 1.29 is 71.6 Å². The minimum atomic E-state index is -3.37. The number of aliphatic hydroxyl groups excluding tert-OH is 3. The van der Waals surface area contributed by atoms with Crippen molar-refractivity contribution in [3.8, 4) is 0 Å². The van der Waals surface area contributed by atoms with Gasteiger partial charge in [-0.25, -0.2) is 17.5 Å². The SMILES string of the molecule is CC[C@H]1OC(=O)[C@H](C)[C@@H](O[C@H]2C[C@@](C)(OC)[C@@H](O)[C@H](C)O2)[C@H](C)[C@@H](O[C@@H]2O[C@H](C)C[C@H](N(C)CCc3cn([C@H](CF)Cc4ccc(S(C)(=O)=O)cc4)nn3)[C@H]2O)[C@](C)(O)CCN(C)[C@H](C)[C@@H](O)[C@]1(C)O. The van der Waals surface area contributed by atoms with Crippen LogP contribution in [-0.2, 0) is 55.9 Å². The van der Waals surface area contributed by atoms with Crippen molar-refractivity contribution in [3.63, 3.8) is 0 Å². The number of rotatable bonds is 15. The summed E-state index contributed by atoms with van der Waals surface area (Å²) in [7, 11) is 1.73. The summed E-state index contributed by atoms with van der Waals surface area (Å²) in [5, 5.41) is 67.7. The van der Waals surface area contributed by atoms with E-state index in [4.69, 9.17) is 28.4 Å². The van der Waals surface area contributed by atoms with Crippen LogP contribution in [0.1, 0.15) is 105 Å². The Morgan fingerprint density at radius 1 is 1.01 bits per heavy atom. The van der Waals surface area contributed by atoms with Gasteiger partial charge in [0.05, 0.1) is 58.2 Å². The van der Waals surface area contributed by atoms with Crippen LogP contribution >= 0.6 is 0 Å². The van der Waals surface area contributed by atoms with E-state index in [1.54, 1.807) is 78.7 Å². The predicted octanol–water partition coefficient (Wildman–Crippen LogP) is 2.63. The minimum absolute atomic E-state index is 0.0759. The number of hydrogen-bond donors (Lipinski definition) is 5. The third-order valence-electron chi connectivity index (χ3n) is 15.4. The van der Waals surface area contributed by atoms with Gasteiger partial charge < -0.3 is 63.8 Å². The minimum Gasteiger partial charge on any atom is -0.459 e. The first kappa shape index (κ1) is 58.1. The summed E-state index contributed by atoms with van der Waals surface area (Å²) in [5.74, 6) is -2.67. The van der Waals surface area contributed by atoms with Crippen molar-refractivity contribution in [2.45, 2.75) is 202 Å². The number of cyclic esters (lactones) is 1. The smallest absolute Gasteiger partial charge is 0.311 e. The van der Waals surface area contributed by atoms with Gasteiger partial charge in [-0.05, 0) is 106 Å². The molecule has 0 radical (unpaired) electrons. The van der Waals surface area contributed by atoms with Crippen molar-refractivity contribution in [3.05, 3.63) is 41.7 Å². The molecule has 3 fully saturated rings. The highest BCUT2D eigenvalue weighted by molar-refractivity contribution is 7.90. The molecular weight excluding hydrogens is 934 g/mol. The Labute approximate surface area is 413 Å². The average Bonchev–Trinajstić information content (AvgIpc) is 3.79. The monoisotopic (exact) mass is 1020 g/mol. The number of carbonyl (C=O) groups is 1. The number of nitrogens with zero attached hydrogens (tertiary/aromatic N) is 5. The molecule has 2 aromatic rings. The number of aliphatic hydroxyl groups is 5. The molecule has 19 nitrogen and oxygen atoms in total. The molecular formula is C49H82FN5O14S. The number of methoxy groups -OCH3 is 1. The van der Waals surface area contributed by atoms with Crippen LogP contribution in [0.2, 0.25) is 0 Å². The second-order valence-corrected chi connectivity index (χ2v) is 23.0. The number of alkyl halides is 1. The average molecular weight is 1020 g/mol. The van der Waals surface area contributed by atoms with Crippen molar-refractivity contribution in [2.24, 2.45) is 11.8 Å². The second-order valence-electron chi connectivity index (χ2n) is 21.0. The summed E-state index contributed by atoms with van der Waals surface area (Å²) < 4.78 is 77.6. The van der Waals surface area contributed by atoms with Crippen LogP contribution < -0.4 is 0 Å². The fourth-order valence-electron chi connectivity index (χ4n) is 10.3. The lowest BCUT2D eigenvalue weighted by Gasteiger charge is -2.49. The van der Waals surface area contributed by atoms with E-state index in [0.29, 0.717) is 25.1 Å². The molecule has 0 unspecified atom stereocenters. The lowest BCUT2D eigenvalue weighted by Crippen LogP contribution is -2.62. The zero-order chi connectivity index (χ0) is 52.3. The number of likely N-dealkylation sites (N-methyl/N-ethyl adjacent to an activating group) is 2. The quantitative estimate of drug-likeness (QED) is 0.161. The van der Waals surface area contributed by atoms with E-state index in [2.05, 4.69) is 10.3 Å². The number of hydrogen-bond acceptors (Lipinski definition) is 18. The fourth-order valence-corrected chi connectivity index (χ4v) is 10.9. The molecule has 70 heavy (non-hydrogen) atoms. The molecule has 0 aliphatic carbocycles. The number of halogens is 1. The molecule has 21 heteroatoms. The molecule has 3 aliphatic heterocycles. The number of sulfone groups is 1. The van der Waals surface area contributed by atoms with Crippen LogP contribution in [-0.4, -0.2) is 202 Å². The van der Waals surface area contributed by atoms with Crippen molar-refractivity contribution in [1.82, 2.24) is 24.8 Å². The molecule has 3 aliphatic rings. The van der Waals surface area contributed by atoms with Crippen LogP contribution in [0.25, 0.3) is 0 Å². The molecule has 4 heterocycles. The maximum absolute atomic E-state index is 14.4. The Morgan fingerprint density at radius 3 is 2.27 bits per heavy atom. The summed E-state index contributed by atoms with van der Waals surface area (Å²) in [4.78, 5) is 18.3. The number of ether oxygens (including phenoxy) is 6. The maximum Gasteiger partial charge on any atom is 0.311 e. The van der Waals surface area contributed by atoms with E-state index in [0.717, 1.165) is 11.8 Å². The molecule has 1 aromatic carbocycles. The number of aromatic nitrogens is 3. The highest BCUT2D eigenvalue weighted by Gasteiger charge is 2.53. The number of esters is 1. The number of carbonyl (C=O) groups excluding carboxylic acids is 1.